The molecule has 0 atom stereocenters. The van der Waals surface area contributed by atoms with Crippen LogP contribution in [0.3, 0.4) is 0 Å². The first-order valence-corrected chi connectivity index (χ1v) is 13.6. The Labute approximate surface area is 222 Å². The molecule has 0 radical (unpaired) electrons. The summed E-state index contributed by atoms with van der Waals surface area (Å²) in [6, 6.07) is 14.7. The number of piperazine rings is 1. The molecule has 196 valence electrons. The summed E-state index contributed by atoms with van der Waals surface area (Å²) in [5.74, 6) is 1.79. The van der Waals surface area contributed by atoms with Gasteiger partial charge in [0, 0.05) is 38.5 Å². The van der Waals surface area contributed by atoms with Gasteiger partial charge in [0.25, 0.3) is 0 Å². The van der Waals surface area contributed by atoms with Crippen molar-refractivity contribution in [1.29, 1.82) is 0 Å². The molecule has 2 aromatic heterocycles. The lowest BCUT2D eigenvalue weighted by molar-refractivity contribution is -0.135. The quantitative estimate of drug-likeness (QED) is 0.377. The molecule has 0 bridgehead atoms. The zero-order chi connectivity index (χ0) is 26.2. The number of halogens is 1. The number of nitrogens with zero attached hydrogens (tertiary/aromatic N) is 6. The number of fused-ring (bicyclic) bond motifs is 1. The molecule has 38 heavy (non-hydrogen) atoms. The normalized spacial score (nSPS) is 16.5. The molecule has 1 amide bonds. The van der Waals surface area contributed by atoms with Crippen LogP contribution in [0.15, 0.2) is 48.5 Å². The number of aromatic nitrogens is 4. The molecule has 3 heterocycles. The third kappa shape index (κ3) is 4.75. The van der Waals surface area contributed by atoms with Gasteiger partial charge in [-0.25, -0.2) is 19.0 Å². The highest BCUT2D eigenvalue weighted by atomic mass is 19.1. The molecular formula is C30H33FN6O. The molecule has 0 spiro atoms. The first-order chi connectivity index (χ1) is 18.5. The molecule has 1 saturated heterocycles. The minimum atomic E-state index is -0.290. The summed E-state index contributed by atoms with van der Waals surface area (Å²) in [5, 5.41) is 5.70. The largest absolute Gasteiger partial charge is 0.352 e. The van der Waals surface area contributed by atoms with Crippen molar-refractivity contribution in [1.82, 2.24) is 24.6 Å². The molecule has 1 saturated carbocycles. The Balaban J connectivity index is 1.36. The number of rotatable bonds is 5. The van der Waals surface area contributed by atoms with Crippen LogP contribution in [0.25, 0.3) is 16.7 Å². The van der Waals surface area contributed by atoms with Crippen LogP contribution in [-0.4, -0.2) is 56.7 Å². The zero-order valence-electron chi connectivity index (χ0n) is 22.0. The number of amides is 1. The summed E-state index contributed by atoms with van der Waals surface area (Å²) in [6.45, 7) is 6.87. The molecule has 1 aliphatic heterocycles. The fraction of sp³-hybridized carbons (Fsp3) is 0.400. The maximum atomic E-state index is 13.7. The van der Waals surface area contributed by atoms with Gasteiger partial charge in [-0.05, 0) is 56.5 Å². The van der Waals surface area contributed by atoms with Gasteiger partial charge in [-0.2, -0.15) is 5.10 Å². The molecule has 7 nitrogen and oxygen atoms in total. The van der Waals surface area contributed by atoms with Crippen molar-refractivity contribution in [3.8, 4) is 5.69 Å². The van der Waals surface area contributed by atoms with Crippen molar-refractivity contribution in [3.05, 3.63) is 77.0 Å². The van der Waals surface area contributed by atoms with E-state index >= 15 is 0 Å². The highest BCUT2D eigenvalue weighted by Gasteiger charge is 2.31. The number of benzene rings is 2. The van der Waals surface area contributed by atoms with Crippen LogP contribution in [-0.2, 0) is 11.2 Å². The zero-order valence-corrected chi connectivity index (χ0v) is 22.0. The van der Waals surface area contributed by atoms with Gasteiger partial charge in [-0.15, -0.1) is 0 Å². The lowest BCUT2D eigenvalue weighted by Gasteiger charge is -2.37. The Kier molecular flexibility index (Phi) is 6.55. The third-order valence-corrected chi connectivity index (χ3v) is 7.88. The summed E-state index contributed by atoms with van der Waals surface area (Å²) in [7, 11) is 0. The lowest BCUT2D eigenvalue weighted by Crippen LogP contribution is -2.50. The van der Waals surface area contributed by atoms with Gasteiger partial charge < -0.3 is 9.80 Å². The standard InChI is InChI=1S/C30H33FN6O/c1-20-7-9-22(10-8-20)19-26-32-28(35-15-17-36(18-16-35)30(38)23-5-3-4-6-23)27-21(2)34-37(29(27)33-26)25-13-11-24(31)12-14-25/h7-14,23H,3-6,15-19H2,1-2H3. The monoisotopic (exact) mass is 512 g/mol. The molecular weight excluding hydrogens is 479 g/mol. The van der Waals surface area contributed by atoms with E-state index in [2.05, 4.69) is 36.1 Å². The van der Waals surface area contributed by atoms with Crippen molar-refractivity contribution in [3.63, 3.8) is 0 Å². The first-order valence-electron chi connectivity index (χ1n) is 13.6. The maximum absolute atomic E-state index is 13.7. The van der Waals surface area contributed by atoms with E-state index in [-0.39, 0.29) is 11.7 Å². The SMILES string of the molecule is Cc1ccc(Cc2nc(N3CCN(C(=O)C4CCCC4)CC3)c3c(C)nn(-c4ccc(F)cc4)c3n2)cc1. The Morgan fingerprint density at radius 1 is 0.921 bits per heavy atom. The molecule has 8 heteroatoms. The molecule has 1 aliphatic carbocycles. The van der Waals surface area contributed by atoms with Crippen LogP contribution < -0.4 is 4.90 Å². The van der Waals surface area contributed by atoms with Crippen LogP contribution in [0, 0.1) is 25.6 Å². The fourth-order valence-corrected chi connectivity index (χ4v) is 5.73. The number of hydrogen-bond acceptors (Lipinski definition) is 5. The van der Waals surface area contributed by atoms with Crippen LogP contribution in [0.2, 0.25) is 0 Å². The van der Waals surface area contributed by atoms with Crippen molar-refractivity contribution in [2.75, 3.05) is 31.1 Å². The average molecular weight is 513 g/mol. The number of carbonyl (C=O) groups excluding carboxylic acids is 1. The highest BCUT2D eigenvalue weighted by molar-refractivity contribution is 5.91. The van der Waals surface area contributed by atoms with E-state index in [0.29, 0.717) is 36.9 Å². The Bertz CT molecular complexity index is 1450. The minimum Gasteiger partial charge on any atom is -0.352 e. The van der Waals surface area contributed by atoms with Crippen LogP contribution >= 0.6 is 0 Å². The maximum Gasteiger partial charge on any atom is 0.225 e. The molecule has 4 aromatic rings. The van der Waals surface area contributed by atoms with E-state index < -0.39 is 0 Å². The predicted molar refractivity (Wildman–Crippen MR) is 146 cm³/mol. The second-order valence-corrected chi connectivity index (χ2v) is 10.6. The van der Waals surface area contributed by atoms with Gasteiger partial charge in [-0.1, -0.05) is 42.7 Å². The van der Waals surface area contributed by atoms with E-state index in [1.54, 1.807) is 16.8 Å². The summed E-state index contributed by atoms with van der Waals surface area (Å²) in [4.78, 5) is 27.4. The van der Waals surface area contributed by atoms with Gasteiger partial charge in [-0.3, -0.25) is 4.79 Å². The molecule has 0 N–H and O–H groups in total. The second-order valence-electron chi connectivity index (χ2n) is 10.6. The van der Waals surface area contributed by atoms with Crippen molar-refractivity contribution in [2.45, 2.75) is 46.0 Å². The Morgan fingerprint density at radius 3 is 2.29 bits per heavy atom. The molecule has 2 fully saturated rings. The summed E-state index contributed by atoms with van der Waals surface area (Å²) < 4.78 is 15.4. The summed E-state index contributed by atoms with van der Waals surface area (Å²) in [5.41, 5.74) is 4.64. The van der Waals surface area contributed by atoms with E-state index in [1.807, 2.05) is 11.8 Å². The van der Waals surface area contributed by atoms with Gasteiger partial charge in [0.2, 0.25) is 5.91 Å². The van der Waals surface area contributed by atoms with Gasteiger partial charge in [0.1, 0.15) is 17.5 Å². The van der Waals surface area contributed by atoms with Crippen LogP contribution in [0.4, 0.5) is 10.2 Å². The number of carbonyl (C=O) groups is 1. The number of hydrogen-bond donors (Lipinski definition) is 0. The van der Waals surface area contributed by atoms with Gasteiger partial charge in [0.15, 0.2) is 5.65 Å². The van der Waals surface area contributed by atoms with E-state index in [9.17, 15) is 9.18 Å². The third-order valence-electron chi connectivity index (χ3n) is 7.88. The number of anilines is 1. The fourth-order valence-electron chi connectivity index (χ4n) is 5.73. The molecule has 6 rings (SSSR count). The van der Waals surface area contributed by atoms with Crippen LogP contribution in [0.5, 0.6) is 0 Å². The predicted octanol–water partition coefficient (Wildman–Crippen LogP) is 5.00. The number of aryl methyl sites for hydroxylation is 2. The van der Waals surface area contributed by atoms with E-state index in [0.717, 1.165) is 66.9 Å². The Hall–Kier alpha value is -3.81. The van der Waals surface area contributed by atoms with E-state index in [1.165, 1.54) is 17.7 Å². The van der Waals surface area contributed by atoms with Crippen molar-refractivity contribution < 1.29 is 9.18 Å². The highest BCUT2D eigenvalue weighted by Crippen LogP contribution is 2.31. The first kappa shape index (κ1) is 24.5. The van der Waals surface area contributed by atoms with Crippen LogP contribution in [0.1, 0.15) is 48.3 Å². The topological polar surface area (TPSA) is 67.2 Å². The van der Waals surface area contributed by atoms with Gasteiger partial charge in [0.05, 0.1) is 16.8 Å². The molecule has 2 aliphatic rings. The summed E-state index contributed by atoms with van der Waals surface area (Å²) >= 11 is 0. The molecule has 2 aromatic carbocycles. The Morgan fingerprint density at radius 2 is 1.61 bits per heavy atom. The molecule has 0 unspecified atom stereocenters. The van der Waals surface area contributed by atoms with E-state index in [4.69, 9.17) is 15.1 Å². The van der Waals surface area contributed by atoms with Crippen molar-refractivity contribution >= 4 is 22.8 Å². The lowest BCUT2D eigenvalue weighted by atomic mass is 10.1. The minimum absolute atomic E-state index is 0.199. The second kappa shape index (κ2) is 10.2. The van der Waals surface area contributed by atoms with Gasteiger partial charge >= 0.3 is 0 Å². The average Bonchev–Trinajstić information content (AvgIpc) is 3.59. The smallest absolute Gasteiger partial charge is 0.225 e. The summed E-state index contributed by atoms with van der Waals surface area (Å²) in [6.07, 6.45) is 4.97. The van der Waals surface area contributed by atoms with Crippen molar-refractivity contribution in [2.24, 2.45) is 5.92 Å².